The molecular weight excluding hydrogens is 350 g/mol. The van der Waals surface area contributed by atoms with Gasteiger partial charge in [-0.2, -0.15) is 0 Å². The normalized spacial score (nSPS) is 13.4. The van der Waals surface area contributed by atoms with Crippen molar-refractivity contribution >= 4 is 33.6 Å². The number of carbonyl (C=O) groups excluding carboxylic acids is 1. The molecule has 5 nitrogen and oxygen atoms in total. The monoisotopic (exact) mass is 364 g/mol. The highest BCUT2D eigenvalue weighted by molar-refractivity contribution is 9.10. The average molecular weight is 365 g/mol. The minimum Gasteiger partial charge on any atom is -0.480 e. The molecule has 0 aliphatic carbocycles. The van der Waals surface area contributed by atoms with E-state index in [0.29, 0.717) is 6.42 Å². The van der Waals surface area contributed by atoms with Gasteiger partial charge in [0.25, 0.3) is 0 Å². The topological polar surface area (TPSA) is 78.4 Å². The van der Waals surface area contributed by atoms with E-state index in [4.69, 9.17) is 5.11 Å². The van der Waals surface area contributed by atoms with Crippen molar-refractivity contribution in [2.45, 2.75) is 26.3 Å². The second-order valence-electron chi connectivity index (χ2n) is 4.54. The van der Waals surface area contributed by atoms with Crippen LogP contribution < -0.4 is 10.6 Å². The SMILES string of the molecule is CC[C@H](C)[C@H](NC(=O)Nc1c(F)cc(Br)cc1F)C(=O)O. The summed E-state index contributed by atoms with van der Waals surface area (Å²) in [7, 11) is 0. The first-order valence-electron chi connectivity index (χ1n) is 6.21. The van der Waals surface area contributed by atoms with Gasteiger partial charge in [-0.15, -0.1) is 0 Å². The number of carboxylic acid groups (broad SMARTS) is 1. The largest absolute Gasteiger partial charge is 0.480 e. The lowest BCUT2D eigenvalue weighted by Crippen LogP contribution is -2.46. The molecule has 0 heterocycles. The molecule has 1 aromatic carbocycles. The van der Waals surface area contributed by atoms with E-state index in [0.717, 1.165) is 12.1 Å². The van der Waals surface area contributed by atoms with E-state index in [9.17, 15) is 18.4 Å². The second kappa shape index (κ2) is 7.35. The van der Waals surface area contributed by atoms with E-state index >= 15 is 0 Å². The third-order valence-corrected chi connectivity index (χ3v) is 3.47. The number of nitrogens with one attached hydrogen (secondary N) is 2. The Morgan fingerprint density at radius 2 is 1.86 bits per heavy atom. The van der Waals surface area contributed by atoms with Crippen molar-refractivity contribution in [3.05, 3.63) is 28.2 Å². The summed E-state index contributed by atoms with van der Waals surface area (Å²) in [5.41, 5.74) is -0.635. The van der Waals surface area contributed by atoms with E-state index in [1.807, 2.05) is 5.32 Å². The van der Waals surface area contributed by atoms with Crippen molar-refractivity contribution in [1.29, 1.82) is 0 Å². The lowest BCUT2D eigenvalue weighted by atomic mass is 9.99. The van der Waals surface area contributed by atoms with Gasteiger partial charge in [-0.1, -0.05) is 36.2 Å². The number of anilines is 1. The van der Waals surface area contributed by atoms with Crippen LogP contribution in [0.2, 0.25) is 0 Å². The van der Waals surface area contributed by atoms with E-state index in [2.05, 4.69) is 21.2 Å². The van der Waals surface area contributed by atoms with Crippen LogP contribution >= 0.6 is 15.9 Å². The fourth-order valence-corrected chi connectivity index (χ4v) is 2.04. The third-order valence-electron chi connectivity index (χ3n) is 3.01. The van der Waals surface area contributed by atoms with Crippen LogP contribution in [0.25, 0.3) is 0 Å². The smallest absolute Gasteiger partial charge is 0.326 e. The van der Waals surface area contributed by atoms with Gasteiger partial charge >= 0.3 is 12.0 Å². The molecule has 116 valence electrons. The van der Waals surface area contributed by atoms with Gasteiger partial charge in [-0.3, -0.25) is 0 Å². The van der Waals surface area contributed by atoms with Crippen LogP contribution in [-0.2, 0) is 4.79 Å². The van der Waals surface area contributed by atoms with Crippen molar-refractivity contribution in [3.8, 4) is 0 Å². The molecule has 1 rings (SSSR count). The number of hydrogen-bond acceptors (Lipinski definition) is 2. The van der Waals surface area contributed by atoms with Gasteiger partial charge in [-0.05, 0) is 18.1 Å². The standard InChI is InChI=1S/C13H15BrF2N2O3/c1-3-6(2)10(12(19)20)17-13(21)18-11-8(15)4-7(14)5-9(11)16/h4-6,10H,3H2,1-2H3,(H,19,20)(H2,17,18,21)/t6-,10-/m0/s1. The van der Waals surface area contributed by atoms with Gasteiger partial charge in [0, 0.05) is 4.47 Å². The maximum absolute atomic E-state index is 13.6. The number of carboxylic acids is 1. The van der Waals surface area contributed by atoms with Crippen LogP contribution in [0.3, 0.4) is 0 Å². The molecule has 0 spiro atoms. The van der Waals surface area contributed by atoms with Gasteiger partial charge < -0.3 is 15.7 Å². The molecule has 0 unspecified atom stereocenters. The first-order chi connectivity index (χ1) is 9.76. The van der Waals surface area contributed by atoms with E-state index in [1.165, 1.54) is 0 Å². The van der Waals surface area contributed by atoms with Crippen molar-refractivity contribution in [2.24, 2.45) is 5.92 Å². The Balaban J connectivity index is 2.84. The van der Waals surface area contributed by atoms with E-state index in [1.54, 1.807) is 13.8 Å². The summed E-state index contributed by atoms with van der Waals surface area (Å²) in [4.78, 5) is 22.8. The molecule has 0 aromatic heterocycles. The molecule has 2 amide bonds. The highest BCUT2D eigenvalue weighted by Crippen LogP contribution is 2.23. The average Bonchev–Trinajstić information content (AvgIpc) is 2.39. The van der Waals surface area contributed by atoms with Gasteiger partial charge in [0.15, 0.2) is 11.6 Å². The Hall–Kier alpha value is -1.70. The lowest BCUT2D eigenvalue weighted by Gasteiger charge is -2.20. The molecule has 0 saturated carbocycles. The lowest BCUT2D eigenvalue weighted by molar-refractivity contribution is -0.140. The summed E-state index contributed by atoms with van der Waals surface area (Å²) < 4.78 is 27.3. The minimum absolute atomic E-state index is 0.187. The summed E-state index contributed by atoms with van der Waals surface area (Å²) >= 11 is 2.92. The zero-order valence-electron chi connectivity index (χ0n) is 11.4. The van der Waals surface area contributed by atoms with Gasteiger partial charge in [-0.25, -0.2) is 18.4 Å². The Kier molecular flexibility index (Phi) is 6.07. The van der Waals surface area contributed by atoms with Crippen molar-refractivity contribution in [1.82, 2.24) is 5.32 Å². The van der Waals surface area contributed by atoms with Crippen molar-refractivity contribution in [3.63, 3.8) is 0 Å². The number of hydrogen-bond donors (Lipinski definition) is 3. The summed E-state index contributed by atoms with van der Waals surface area (Å²) in [6.45, 7) is 3.42. The first kappa shape index (κ1) is 17.4. The molecule has 0 aliphatic rings. The predicted molar refractivity (Wildman–Crippen MR) is 77.1 cm³/mol. The van der Waals surface area contributed by atoms with Crippen LogP contribution in [-0.4, -0.2) is 23.1 Å². The van der Waals surface area contributed by atoms with Crippen LogP contribution in [0.15, 0.2) is 16.6 Å². The van der Waals surface area contributed by atoms with Gasteiger partial charge in [0.2, 0.25) is 0 Å². The summed E-state index contributed by atoms with van der Waals surface area (Å²) in [5, 5.41) is 13.2. The number of rotatable bonds is 5. The molecule has 0 bridgehead atoms. The fraction of sp³-hybridized carbons (Fsp3) is 0.385. The van der Waals surface area contributed by atoms with Crippen LogP contribution in [0.5, 0.6) is 0 Å². The predicted octanol–water partition coefficient (Wildman–Crippen LogP) is 3.35. The number of halogens is 3. The summed E-state index contributed by atoms with van der Waals surface area (Å²) in [6.07, 6.45) is 0.526. The Morgan fingerprint density at radius 1 is 1.33 bits per heavy atom. The minimum atomic E-state index is -1.21. The number of urea groups is 1. The van der Waals surface area contributed by atoms with Crippen molar-refractivity contribution in [2.75, 3.05) is 5.32 Å². The van der Waals surface area contributed by atoms with Crippen LogP contribution in [0.4, 0.5) is 19.3 Å². The maximum atomic E-state index is 13.6. The van der Waals surface area contributed by atoms with Gasteiger partial charge in [0.05, 0.1) is 0 Å². The molecular formula is C13H15BrF2N2O3. The van der Waals surface area contributed by atoms with Crippen LogP contribution in [0, 0.1) is 17.6 Å². The molecule has 1 aromatic rings. The molecule has 0 radical (unpaired) electrons. The zero-order chi connectivity index (χ0) is 16.2. The molecule has 0 saturated heterocycles. The molecule has 0 fully saturated rings. The fourth-order valence-electron chi connectivity index (χ4n) is 1.64. The molecule has 21 heavy (non-hydrogen) atoms. The number of amides is 2. The second-order valence-corrected chi connectivity index (χ2v) is 5.46. The van der Waals surface area contributed by atoms with Crippen LogP contribution in [0.1, 0.15) is 20.3 Å². The van der Waals surface area contributed by atoms with E-state index < -0.39 is 35.4 Å². The molecule has 2 atom stereocenters. The first-order valence-corrected chi connectivity index (χ1v) is 7.00. The Labute approximate surface area is 128 Å². The molecule has 8 heteroatoms. The quantitative estimate of drug-likeness (QED) is 0.749. The highest BCUT2D eigenvalue weighted by Gasteiger charge is 2.26. The third kappa shape index (κ3) is 4.66. The number of carbonyl (C=O) groups is 2. The number of benzene rings is 1. The Bertz CT molecular complexity index is 531. The van der Waals surface area contributed by atoms with E-state index in [-0.39, 0.29) is 10.4 Å². The molecule has 3 N–H and O–H groups in total. The molecule has 0 aliphatic heterocycles. The number of aliphatic carboxylic acids is 1. The maximum Gasteiger partial charge on any atom is 0.326 e. The highest BCUT2D eigenvalue weighted by atomic mass is 79.9. The Morgan fingerprint density at radius 3 is 2.29 bits per heavy atom. The zero-order valence-corrected chi connectivity index (χ0v) is 13.0. The summed E-state index contributed by atoms with van der Waals surface area (Å²) in [6, 6.07) is -0.149. The van der Waals surface area contributed by atoms with Gasteiger partial charge in [0.1, 0.15) is 11.7 Å². The van der Waals surface area contributed by atoms with Crippen molar-refractivity contribution < 1.29 is 23.5 Å². The summed E-state index contributed by atoms with van der Waals surface area (Å²) in [5.74, 6) is -3.47.